The molecule has 1 atom stereocenters. The largest absolute Gasteiger partial charge is 0.469 e. The molecule has 1 unspecified atom stereocenters. The highest BCUT2D eigenvalue weighted by Gasteiger charge is 2.16. The van der Waals surface area contributed by atoms with Gasteiger partial charge in [0.1, 0.15) is 0 Å². The van der Waals surface area contributed by atoms with Crippen molar-refractivity contribution < 1.29 is 9.53 Å². The van der Waals surface area contributed by atoms with E-state index in [0.29, 0.717) is 12.5 Å². The fourth-order valence-electron chi connectivity index (χ4n) is 2.40. The van der Waals surface area contributed by atoms with Gasteiger partial charge in [0.15, 0.2) is 0 Å². The molecule has 0 radical (unpaired) electrons. The molecule has 1 aromatic heterocycles. The second-order valence-corrected chi connectivity index (χ2v) is 6.36. The molecule has 0 bridgehead atoms. The fourth-order valence-corrected chi connectivity index (χ4v) is 3.36. The van der Waals surface area contributed by atoms with E-state index in [1.54, 1.807) is 11.3 Å². The van der Waals surface area contributed by atoms with Crippen LogP contribution in [0.3, 0.4) is 0 Å². The summed E-state index contributed by atoms with van der Waals surface area (Å²) in [4.78, 5) is 15.9. The van der Waals surface area contributed by atoms with Crippen molar-refractivity contribution in [1.29, 1.82) is 0 Å². The molecule has 19 heavy (non-hydrogen) atoms. The summed E-state index contributed by atoms with van der Waals surface area (Å²) in [5.74, 6) is -0.171. The van der Waals surface area contributed by atoms with E-state index >= 15 is 0 Å². The number of thiophene rings is 1. The number of piperidine rings is 1. The summed E-state index contributed by atoms with van der Waals surface area (Å²) < 4.78 is 4.68. The summed E-state index contributed by atoms with van der Waals surface area (Å²) in [5, 5.41) is 3.60. The van der Waals surface area contributed by atoms with Crippen molar-refractivity contribution in [3.05, 3.63) is 21.9 Å². The molecule has 1 N–H and O–H groups in total. The molecule has 0 saturated carbocycles. The van der Waals surface area contributed by atoms with Crippen LogP contribution in [0.1, 0.15) is 22.6 Å². The van der Waals surface area contributed by atoms with Crippen molar-refractivity contribution in [2.75, 3.05) is 27.2 Å². The van der Waals surface area contributed by atoms with Crippen LogP contribution in [0.5, 0.6) is 0 Å². The lowest BCUT2D eigenvalue weighted by Gasteiger charge is -2.30. The first kappa shape index (κ1) is 14.5. The Labute approximate surface area is 118 Å². The van der Waals surface area contributed by atoms with Gasteiger partial charge in [0.05, 0.1) is 13.5 Å². The number of ether oxygens (including phenoxy) is 1. The molecule has 1 fully saturated rings. The molecule has 1 saturated heterocycles. The maximum atomic E-state index is 11.2. The number of nitrogens with zero attached hydrogens (tertiary/aromatic N) is 1. The standard InChI is InChI=1S/C14H22N2O2S/c1-16-7-3-4-11(10-16)15-9-13-6-5-12(19-13)8-14(17)18-2/h5-6,11,15H,3-4,7-10H2,1-2H3. The summed E-state index contributed by atoms with van der Waals surface area (Å²) in [6.07, 6.45) is 2.91. The molecule has 5 heteroatoms. The molecule has 1 aromatic rings. The van der Waals surface area contributed by atoms with Gasteiger partial charge in [-0.1, -0.05) is 0 Å². The average Bonchev–Trinajstić information content (AvgIpc) is 2.84. The number of methoxy groups -OCH3 is 1. The number of carbonyl (C=O) groups excluding carboxylic acids is 1. The second-order valence-electron chi connectivity index (χ2n) is 5.10. The lowest BCUT2D eigenvalue weighted by atomic mass is 10.1. The van der Waals surface area contributed by atoms with Crippen LogP contribution >= 0.6 is 11.3 Å². The van der Waals surface area contributed by atoms with E-state index in [1.807, 2.05) is 6.07 Å². The zero-order valence-electron chi connectivity index (χ0n) is 11.6. The van der Waals surface area contributed by atoms with E-state index in [-0.39, 0.29) is 5.97 Å². The Morgan fingerprint density at radius 3 is 3.05 bits per heavy atom. The van der Waals surface area contributed by atoms with Crippen LogP contribution in [0.15, 0.2) is 12.1 Å². The third kappa shape index (κ3) is 4.60. The number of rotatable bonds is 5. The van der Waals surface area contributed by atoms with E-state index < -0.39 is 0 Å². The Bertz CT molecular complexity index is 419. The molecule has 2 heterocycles. The Morgan fingerprint density at radius 1 is 1.53 bits per heavy atom. The minimum absolute atomic E-state index is 0.171. The number of esters is 1. The number of likely N-dealkylation sites (N-methyl/N-ethyl adjacent to an activating group) is 1. The SMILES string of the molecule is COC(=O)Cc1ccc(CNC2CCCN(C)C2)s1. The van der Waals surface area contributed by atoms with Gasteiger partial charge in [-0.25, -0.2) is 0 Å². The molecular weight excluding hydrogens is 260 g/mol. The summed E-state index contributed by atoms with van der Waals surface area (Å²) in [6.45, 7) is 3.23. The number of nitrogens with one attached hydrogen (secondary N) is 1. The molecule has 2 rings (SSSR count). The smallest absolute Gasteiger partial charge is 0.310 e. The third-order valence-corrected chi connectivity index (χ3v) is 4.54. The zero-order chi connectivity index (χ0) is 13.7. The summed E-state index contributed by atoms with van der Waals surface area (Å²) in [5.41, 5.74) is 0. The van der Waals surface area contributed by atoms with Gasteiger partial charge in [-0.15, -0.1) is 11.3 Å². The summed E-state index contributed by atoms with van der Waals surface area (Å²) in [6, 6.07) is 4.71. The number of carbonyl (C=O) groups is 1. The molecule has 0 aliphatic carbocycles. The monoisotopic (exact) mass is 282 g/mol. The van der Waals surface area contributed by atoms with Crippen LogP contribution in [-0.2, 0) is 22.5 Å². The van der Waals surface area contributed by atoms with E-state index in [2.05, 4.69) is 28.1 Å². The molecular formula is C14H22N2O2S. The highest BCUT2D eigenvalue weighted by Crippen LogP contribution is 2.18. The van der Waals surface area contributed by atoms with Crippen LogP contribution in [0.4, 0.5) is 0 Å². The third-order valence-electron chi connectivity index (χ3n) is 3.45. The lowest BCUT2D eigenvalue weighted by molar-refractivity contribution is -0.139. The summed E-state index contributed by atoms with van der Waals surface area (Å²) >= 11 is 1.69. The average molecular weight is 282 g/mol. The molecule has 0 aromatic carbocycles. The number of hydrogen-bond donors (Lipinski definition) is 1. The normalized spacial score (nSPS) is 20.4. The van der Waals surface area contributed by atoms with E-state index in [1.165, 1.54) is 31.4 Å². The van der Waals surface area contributed by atoms with Crippen LogP contribution in [0, 0.1) is 0 Å². The fraction of sp³-hybridized carbons (Fsp3) is 0.643. The topological polar surface area (TPSA) is 41.6 Å². The minimum atomic E-state index is -0.171. The van der Waals surface area contributed by atoms with Crippen LogP contribution in [0.2, 0.25) is 0 Å². The Kier molecular flexibility index (Phi) is 5.36. The van der Waals surface area contributed by atoms with E-state index in [0.717, 1.165) is 18.0 Å². The number of hydrogen-bond acceptors (Lipinski definition) is 5. The predicted octanol–water partition coefficient (Wildman–Crippen LogP) is 1.65. The van der Waals surface area contributed by atoms with Gasteiger partial charge in [0, 0.05) is 28.9 Å². The first-order valence-electron chi connectivity index (χ1n) is 6.73. The first-order chi connectivity index (χ1) is 9.17. The van der Waals surface area contributed by atoms with Crippen molar-refractivity contribution in [2.24, 2.45) is 0 Å². The molecule has 4 nitrogen and oxygen atoms in total. The predicted molar refractivity (Wildman–Crippen MR) is 77.4 cm³/mol. The summed E-state index contributed by atoms with van der Waals surface area (Å²) in [7, 11) is 3.60. The highest BCUT2D eigenvalue weighted by molar-refractivity contribution is 7.12. The minimum Gasteiger partial charge on any atom is -0.469 e. The van der Waals surface area contributed by atoms with Gasteiger partial charge in [-0.2, -0.15) is 0 Å². The molecule has 1 aliphatic rings. The zero-order valence-corrected chi connectivity index (χ0v) is 12.5. The quantitative estimate of drug-likeness (QED) is 0.834. The van der Waals surface area contributed by atoms with E-state index in [9.17, 15) is 4.79 Å². The van der Waals surface area contributed by atoms with Crippen molar-refractivity contribution in [3.63, 3.8) is 0 Å². The van der Waals surface area contributed by atoms with Crippen molar-refractivity contribution in [2.45, 2.75) is 31.8 Å². The Hall–Kier alpha value is -0.910. The van der Waals surface area contributed by atoms with Gasteiger partial charge in [0.25, 0.3) is 0 Å². The number of likely N-dealkylation sites (tertiary alicyclic amines) is 1. The van der Waals surface area contributed by atoms with Crippen LogP contribution in [0.25, 0.3) is 0 Å². The lowest BCUT2D eigenvalue weighted by Crippen LogP contribution is -2.43. The van der Waals surface area contributed by atoms with Crippen LogP contribution in [-0.4, -0.2) is 44.2 Å². The maximum Gasteiger partial charge on any atom is 0.310 e. The Balaban J connectivity index is 1.78. The van der Waals surface area contributed by atoms with Gasteiger partial charge < -0.3 is 15.0 Å². The highest BCUT2D eigenvalue weighted by atomic mass is 32.1. The second kappa shape index (κ2) is 7.03. The molecule has 1 aliphatic heterocycles. The maximum absolute atomic E-state index is 11.2. The first-order valence-corrected chi connectivity index (χ1v) is 7.55. The van der Waals surface area contributed by atoms with Crippen molar-refractivity contribution >= 4 is 17.3 Å². The van der Waals surface area contributed by atoms with Crippen molar-refractivity contribution in [1.82, 2.24) is 10.2 Å². The van der Waals surface area contributed by atoms with E-state index in [4.69, 9.17) is 0 Å². The van der Waals surface area contributed by atoms with Crippen LogP contribution < -0.4 is 5.32 Å². The Morgan fingerprint density at radius 2 is 2.32 bits per heavy atom. The van der Waals surface area contributed by atoms with Crippen molar-refractivity contribution in [3.8, 4) is 0 Å². The van der Waals surface area contributed by atoms with Gasteiger partial charge in [-0.05, 0) is 38.6 Å². The molecule has 106 valence electrons. The van der Waals surface area contributed by atoms with Gasteiger partial charge >= 0.3 is 5.97 Å². The molecule has 0 amide bonds. The molecule has 0 spiro atoms. The van der Waals surface area contributed by atoms with Gasteiger partial charge in [-0.3, -0.25) is 4.79 Å². The van der Waals surface area contributed by atoms with Gasteiger partial charge in [0.2, 0.25) is 0 Å².